The van der Waals surface area contributed by atoms with Gasteiger partial charge in [-0.15, -0.1) is 10.2 Å². The summed E-state index contributed by atoms with van der Waals surface area (Å²) < 4.78 is 0. The summed E-state index contributed by atoms with van der Waals surface area (Å²) >= 11 is 0. The third-order valence-electron chi connectivity index (χ3n) is 2.35. The van der Waals surface area contributed by atoms with E-state index in [0.717, 1.165) is 10.9 Å². The number of nitrogens with zero attached hydrogens (tertiary/aromatic N) is 4. The molecule has 2 aromatic rings. The second-order valence-corrected chi connectivity index (χ2v) is 3.23. The van der Waals surface area contributed by atoms with Gasteiger partial charge in [0, 0.05) is 5.56 Å². The Morgan fingerprint density at radius 1 is 0.867 bits per heavy atom. The highest BCUT2D eigenvalue weighted by molar-refractivity contribution is 6.10. The zero-order chi connectivity index (χ0) is 10.1. The first-order valence-electron chi connectivity index (χ1n) is 4.62. The first kappa shape index (κ1) is 8.11. The summed E-state index contributed by atoms with van der Waals surface area (Å²) in [6.07, 6.45) is 0. The van der Waals surface area contributed by atoms with Crippen LogP contribution in [0.25, 0.3) is 10.8 Å². The van der Waals surface area contributed by atoms with Gasteiger partial charge in [-0.1, -0.05) is 42.5 Å². The molecule has 0 amide bonds. The molecule has 4 heteroatoms. The molecule has 3 rings (SSSR count). The van der Waals surface area contributed by atoms with E-state index in [2.05, 4.69) is 33.1 Å². The van der Waals surface area contributed by atoms with E-state index in [-0.39, 0.29) is 0 Å². The van der Waals surface area contributed by atoms with E-state index in [1.54, 1.807) is 0 Å². The van der Waals surface area contributed by atoms with Gasteiger partial charge in [0.15, 0.2) is 0 Å². The fourth-order valence-corrected chi connectivity index (χ4v) is 1.67. The lowest BCUT2D eigenvalue weighted by molar-refractivity contribution is 0.780. The fourth-order valence-electron chi connectivity index (χ4n) is 1.67. The molecule has 1 aliphatic rings. The maximum atomic E-state index is 3.86. The summed E-state index contributed by atoms with van der Waals surface area (Å²) in [5.41, 5.74) is 4.46. The van der Waals surface area contributed by atoms with E-state index >= 15 is 0 Å². The van der Waals surface area contributed by atoms with Gasteiger partial charge in [0.1, 0.15) is 0 Å². The SMILES string of the molecule is c1ccc2c(C3=N[N]N=N3)cccc2c1. The van der Waals surface area contributed by atoms with Crippen LogP contribution in [0.15, 0.2) is 57.9 Å². The predicted octanol–water partition coefficient (Wildman–Crippen LogP) is 2.49. The average molecular weight is 195 g/mol. The maximum absolute atomic E-state index is 3.86. The second-order valence-electron chi connectivity index (χ2n) is 3.23. The Bertz CT molecular complexity index is 566. The van der Waals surface area contributed by atoms with Gasteiger partial charge in [0.05, 0.1) is 0 Å². The highest BCUT2D eigenvalue weighted by atomic mass is 15.6. The topological polar surface area (TPSA) is 51.2 Å². The second kappa shape index (κ2) is 3.16. The minimum absolute atomic E-state index is 0.576. The third kappa shape index (κ3) is 1.27. The van der Waals surface area contributed by atoms with Gasteiger partial charge >= 0.3 is 0 Å². The number of fused-ring (bicyclic) bond motifs is 1. The molecule has 1 heterocycles. The van der Waals surface area contributed by atoms with Gasteiger partial charge in [0.2, 0.25) is 5.84 Å². The van der Waals surface area contributed by atoms with Gasteiger partial charge in [-0.3, -0.25) is 0 Å². The lowest BCUT2D eigenvalue weighted by Crippen LogP contribution is -1.95. The van der Waals surface area contributed by atoms with Crippen molar-refractivity contribution in [2.45, 2.75) is 0 Å². The third-order valence-corrected chi connectivity index (χ3v) is 2.35. The molecule has 0 N–H and O–H groups in total. The van der Waals surface area contributed by atoms with Gasteiger partial charge < -0.3 is 0 Å². The first-order chi connectivity index (χ1) is 7.45. The van der Waals surface area contributed by atoms with Crippen LogP contribution in [0.4, 0.5) is 0 Å². The lowest BCUT2D eigenvalue weighted by atomic mass is 10.0. The van der Waals surface area contributed by atoms with Crippen LogP contribution in [-0.4, -0.2) is 5.84 Å². The summed E-state index contributed by atoms with van der Waals surface area (Å²) in [5, 5.41) is 13.5. The van der Waals surface area contributed by atoms with Crippen molar-refractivity contribution in [3.63, 3.8) is 0 Å². The van der Waals surface area contributed by atoms with E-state index in [9.17, 15) is 0 Å². The number of rotatable bonds is 1. The molecule has 1 aliphatic heterocycles. The van der Waals surface area contributed by atoms with E-state index in [4.69, 9.17) is 0 Å². The normalized spacial score (nSPS) is 14.0. The van der Waals surface area contributed by atoms with Crippen molar-refractivity contribution in [3.05, 3.63) is 48.0 Å². The lowest BCUT2D eigenvalue weighted by Gasteiger charge is -2.01. The molecule has 0 spiro atoms. The smallest absolute Gasteiger partial charge is 0.106 e. The highest BCUT2D eigenvalue weighted by Crippen LogP contribution is 2.20. The van der Waals surface area contributed by atoms with Crippen LogP contribution in [0.1, 0.15) is 5.56 Å². The molecule has 0 saturated carbocycles. The molecular formula is C11H7N4. The molecule has 0 fully saturated rings. The Morgan fingerprint density at radius 2 is 1.73 bits per heavy atom. The summed E-state index contributed by atoms with van der Waals surface area (Å²) in [4.78, 5) is 0. The molecule has 71 valence electrons. The summed E-state index contributed by atoms with van der Waals surface area (Å²) in [7, 11) is 0. The molecule has 0 aliphatic carbocycles. The standard InChI is InChI=1S/C11H7N4/c1-2-6-9-8(4-1)5-3-7-10(9)11-12-14-15-13-11/h1-7H. The Balaban J connectivity index is 2.30. The molecule has 1 radical (unpaired) electrons. The van der Waals surface area contributed by atoms with Crippen LogP contribution < -0.4 is 5.53 Å². The minimum atomic E-state index is 0.576. The van der Waals surface area contributed by atoms with Crippen LogP contribution >= 0.6 is 0 Å². The molecule has 4 nitrogen and oxygen atoms in total. The molecule has 0 bridgehead atoms. The first-order valence-corrected chi connectivity index (χ1v) is 4.62. The van der Waals surface area contributed by atoms with E-state index in [1.165, 1.54) is 5.39 Å². The van der Waals surface area contributed by atoms with Gasteiger partial charge in [0.25, 0.3) is 0 Å². The molecule has 15 heavy (non-hydrogen) atoms. The quantitative estimate of drug-likeness (QED) is 0.671. The number of benzene rings is 2. The molecule has 0 unspecified atom stereocenters. The van der Waals surface area contributed by atoms with Crippen LogP contribution in [0, 0.1) is 0 Å². The summed E-state index contributed by atoms with van der Waals surface area (Å²) in [6, 6.07) is 14.1. The predicted molar refractivity (Wildman–Crippen MR) is 57.5 cm³/mol. The van der Waals surface area contributed by atoms with Crippen molar-refractivity contribution < 1.29 is 0 Å². The Hall–Kier alpha value is -2.23. The van der Waals surface area contributed by atoms with E-state index in [1.807, 2.05) is 30.3 Å². The minimum Gasteiger partial charge on any atom is -0.106 e. The van der Waals surface area contributed by atoms with Crippen molar-refractivity contribution in [2.75, 3.05) is 0 Å². The molecule has 2 aromatic carbocycles. The van der Waals surface area contributed by atoms with E-state index in [0.29, 0.717) is 5.84 Å². The van der Waals surface area contributed by atoms with Gasteiger partial charge in [-0.25, -0.2) is 0 Å². The van der Waals surface area contributed by atoms with Crippen molar-refractivity contribution >= 4 is 16.6 Å². The fraction of sp³-hybridized carbons (Fsp3) is 0. The van der Waals surface area contributed by atoms with Crippen LogP contribution in [-0.2, 0) is 0 Å². The van der Waals surface area contributed by atoms with Crippen LogP contribution in [0.2, 0.25) is 0 Å². The molecule has 0 atom stereocenters. The zero-order valence-corrected chi connectivity index (χ0v) is 7.83. The van der Waals surface area contributed by atoms with Gasteiger partial charge in [-0.2, -0.15) is 0 Å². The van der Waals surface area contributed by atoms with Crippen molar-refractivity contribution in [1.82, 2.24) is 5.53 Å². The monoisotopic (exact) mass is 195 g/mol. The molecule has 0 saturated heterocycles. The average Bonchev–Trinajstić information content (AvgIpc) is 2.82. The van der Waals surface area contributed by atoms with Crippen LogP contribution in [0.3, 0.4) is 0 Å². The van der Waals surface area contributed by atoms with Crippen molar-refractivity contribution in [2.24, 2.45) is 15.4 Å². The molecule has 0 aromatic heterocycles. The summed E-state index contributed by atoms with van der Waals surface area (Å²) in [6.45, 7) is 0. The maximum Gasteiger partial charge on any atom is 0.207 e. The Morgan fingerprint density at radius 3 is 2.60 bits per heavy atom. The Labute approximate surface area is 86.3 Å². The highest BCUT2D eigenvalue weighted by Gasteiger charge is 2.10. The van der Waals surface area contributed by atoms with Crippen LogP contribution in [0.5, 0.6) is 0 Å². The molecular weight excluding hydrogens is 188 g/mol. The number of hydrogen-bond acceptors (Lipinski definition) is 3. The van der Waals surface area contributed by atoms with Crippen molar-refractivity contribution in [1.29, 1.82) is 0 Å². The Kier molecular flexibility index (Phi) is 1.71. The zero-order valence-electron chi connectivity index (χ0n) is 7.83. The number of amidine groups is 1. The van der Waals surface area contributed by atoms with Crippen molar-refractivity contribution in [3.8, 4) is 0 Å². The largest absolute Gasteiger partial charge is 0.207 e. The van der Waals surface area contributed by atoms with Gasteiger partial charge in [-0.05, 0) is 21.5 Å². The van der Waals surface area contributed by atoms with E-state index < -0.39 is 0 Å². The number of hydrogen-bond donors (Lipinski definition) is 0. The summed E-state index contributed by atoms with van der Waals surface area (Å²) in [5.74, 6) is 0.576.